The number of amides is 2. The quantitative estimate of drug-likeness (QED) is 0.335. The number of hydrogen-bond donors (Lipinski definition) is 0. The molecule has 0 radical (unpaired) electrons. The van der Waals surface area contributed by atoms with Gasteiger partial charge in [0.1, 0.15) is 5.69 Å². The number of aromatic nitrogens is 3. The molecule has 0 bridgehead atoms. The molecular formula is C23H40N4O5. The molecule has 2 rings (SSSR count). The van der Waals surface area contributed by atoms with Crippen LogP contribution in [0.4, 0.5) is 0 Å². The number of nitrogens with zero attached hydrogens (tertiary/aromatic N) is 4. The second kappa shape index (κ2) is 11.9. The van der Waals surface area contributed by atoms with Crippen LogP contribution >= 0.6 is 0 Å². The van der Waals surface area contributed by atoms with Crippen LogP contribution < -0.4 is 0 Å². The highest BCUT2D eigenvalue weighted by Crippen LogP contribution is 2.35. The van der Waals surface area contributed by atoms with Gasteiger partial charge in [0.2, 0.25) is 11.8 Å². The first-order chi connectivity index (χ1) is 15.0. The van der Waals surface area contributed by atoms with Crippen LogP contribution in [0.2, 0.25) is 0 Å². The summed E-state index contributed by atoms with van der Waals surface area (Å²) in [4.78, 5) is 26.2. The highest BCUT2D eigenvalue weighted by Gasteiger charge is 2.44. The Morgan fingerprint density at radius 2 is 1.53 bits per heavy atom. The first-order valence-corrected chi connectivity index (χ1v) is 11.4. The standard InChI is InChI=1S/C23H40N4O5/c1-22(2,3)7-9-30-11-13-32-14-12-31-10-8-26-16-18(24-25-26)17-27-20(28)15-19(21(27)29)23(4,5)6/h16,19H,7-15,17H2,1-6H3. The van der Waals surface area contributed by atoms with Crippen LogP contribution in [0.25, 0.3) is 0 Å². The average molecular weight is 453 g/mol. The van der Waals surface area contributed by atoms with E-state index in [-0.39, 0.29) is 41.5 Å². The number of imide groups is 1. The summed E-state index contributed by atoms with van der Waals surface area (Å²) >= 11 is 0. The lowest BCUT2D eigenvalue weighted by Crippen LogP contribution is -2.33. The summed E-state index contributed by atoms with van der Waals surface area (Å²) in [6.45, 7) is 16.6. The summed E-state index contributed by atoms with van der Waals surface area (Å²) in [6.07, 6.45) is 3.04. The summed E-state index contributed by atoms with van der Waals surface area (Å²) in [5.74, 6) is -0.553. The van der Waals surface area contributed by atoms with Gasteiger partial charge < -0.3 is 14.2 Å². The summed E-state index contributed by atoms with van der Waals surface area (Å²) in [5, 5.41) is 8.15. The van der Waals surface area contributed by atoms with Crippen LogP contribution in [0.1, 0.15) is 60.1 Å². The molecule has 9 nitrogen and oxygen atoms in total. The minimum Gasteiger partial charge on any atom is -0.379 e. The fraction of sp³-hybridized carbons (Fsp3) is 0.826. The van der Waals surface area contributed by atoms with Crippen LogP contribution in [-0.2, 0) is 36.9 Å². The maximum atomic E-state index is 12.6. The van der Waals surface area contributed by atoms with Crippen LogP contribution in [0.5, 0.6) is 0 Å². The van der Waals surface area contributed by atoms with E-state index in [1.54, 1.807) is 10.9 Å². The second-order valence-electron chi connectivity index (χ2n) is 10.6. The van der Waals surface area contributed by atoms with Gasteiger partial charge in [-0.15, -0.1) is 5.10 Å². The molecule has 0 aliphatic carbocycles. The molecule has 1 atom stereocenters. The van der Waals surface area contributed by atoms with Gasteiger partial charge in [0.25, 0.3) is 0 Å². The van der Waals surface area contributed by atoms with Crippen molar-refractivity contribution in [2.75, 3.05) is 39.6 Å². The summed E-state index contributed by atoms with van der Waals surface area (Å²) in [6, 6.07) is 0. The van der Waals surface area contributed by atoms with Crippen LogP contribution in [-0.4, -0.2) is 71.3 Å². The lowest BCUT2D eigenvalue weighted by atomic mass is 9.80. The molecule has 0 N–H and O–H groups in total. The van der Waals surface area contributed by atoms with E-state index in [9.17, 15) is 9.59 Å². The zero-order valence-electron chi connectivity index (χ0n) is 20.6. The lowest BCUT2D eigenvalue weighted by Gasteiger charge is -2.24. The van der Waals surface area contributed by atoms with Crippen LogP contribution in [0, 0.1) is 16.7 Å². The van der Waals surface area contributed by atoms with E-state index < -0.39 is 0 Å². The molecular weight excluding hydrogens is 412 g/mol. The van der Waals surface area contributed by atoms with Crippen LogP contribution in [0.15, 0.2) is 6.20 Å². The topological polar surface area (TPSA) is 95.8 Å². The molecule has 32 heavy (non-hydrogen) atoms. The predicted octanol–water partition coefficient (Wildman–Crippen LogP) is 2.69. The van der Waals surface area contributed by atoms with Crippen molar-refractivity contribution in [1.29, 1.82) is 0 Å². The van der Waals surface area contributed by atoms with Gasteiger partial charge >= 0.3 is 0 Å². The third-order valence-corrected chi connectivity index (χ3v) is 5.40. The van der Waals surface area contributed by atoms with E-state index in [2.05, 4.69) is 31.1 Å². The number of rotatable bonds is 13. The first kappa shape index (κ1) is 26.4. The highest BCUT2D eigenvalue weighted by molar-refractivity contribution is 6.03. The van der Waals surface area contributed by atoms with Gasteiger partial charge in [-0.2, -0.15) is 0 Å². The summed E-state index contributed by atoms with van der Waals surface area (Å²) in [5.41, 5.74) is 0.646. The molecule has 1 aromatic heterocycles. The predicted molar refractivity (Wildman–Crippen MR) is 120 cm³/mol. The molecule has 1 aliphatic heterocycles. The SMILES string of the molecule is CC(C)(C)CCOCCOCCOCCn1cc(CN2C(=O)CC(C(C)(C)C)C2=O)nn1. The molecule has 0 saturated carbocycles. The zero-order chi connectivity index (χ0) is 23.8. The third-order valence-electron chi connectivity index (χ3n) is 5.40. The Bertz CT molecular complexity index is 735. The fourth-order valence-corrected chi connectivity index (χ4v) is 3.29. The second-order valence-corrected chi connectivity index (χ2v) is 10.6. The van der Waals surface area contributed by atoms with Crippen molar-refractivity contribution in [2.45, 2.75) is 67.5 Å². The van der Waals surface area contributed by atoms with E-state index in [0.717, 1.165) is 13.0 Å². The normalized spacial score (nSPS) is 17.6. The Hall–Kier alpha value is -1.84. The van der Waals surface area contributed by atoms with Crippen molar-refractivity contribution >= 4 is 11.8 Å². The van der Waals surface area contributed by atoms with Crippen molar-refractivity contribution in [3.8, 4) is 0 Å². The van der Waals surface area contributed by atoms with Crippen LogP contribution in [0.3, 0.4) is 0 Å². The Labute approximate surface area is 191 Å². The van der Waals surface area contributed by atoms with E-state index in [0.29, 0.717) is 45.3 Å². The van der Waals surface area contributed by atoms with Gasteiger partial charge in [-0.3, -0.25) is 14.5 Å². The third kappa shape index (κ3) is 8.96. The Kier molecular flexibility index (Phi) is 9.79. The number of carbonyl (C=O) groups excluding carboxylic acids is 2. The van der Waals surface area contributed by atoms with Gasteiger partial charge in [0.15, 0.2) is 0 Å². The van der Waals surface area contributed by atoms with Crippen molar-refractivity contribution in [2.24, 2.45) is 16.7 Å². The molecule has 1 aromatic rings. The Balaban J connectivity index is 1.57. The van der Waals surface area contributed by atoms with Gasteiger partial charge in [-0.1, -0.05) is 46.8 Å². The minimum absolute atomic E-state index is 0.125. The largest absolute Gasteiger partial charge is 0.379 e. The summed E-state index contributed by atoms with van der Waals surface area (Å²) < 4.78 is 18.3. The summed E-state index contributed by atoms with van der Waals surface area (Å²) in [7, 11) is 0. The van der Waals surface area contributed by atoms with Crippen molar-refractivity contribution < 1.29 is 23.8 Å². The van der Waals surface area contributed by atoms with Gasteiger partial charge in [0.05, 0.1) is 58.2 Å². The van der Waals surface area contributed by atoms with Gasteiger partial charge in [-0.05, 0) is 17.3 Å². The number of carbonyl (C=O) groups is 2. The molecule has 1 unspecified atom stereocenters. The maximum absolute atomic E-state index is 12.6. The molecule has 2 heterocycles. The maximum Gasteiger partial charge on any atom is 0.233 e. The molecule has 1 fully saturated rings. The molecule has 0 spiro atoms. The van der Waals surface area contributed by atoms with Crippen molar-refractivity contribution in [3.63, 3.8) is 0 Å². The Morgan fingerprint density at radius 1 is 0.938 bits per heavy atom. The fourth-order valence-electron chi connectivity index (χ4n) is 3.29. The molecule has 2 amide bonds. The smallest absolute Gasteiger partial charge is 0.233 e. The van der Waals surface area contributed by atoms with E-state index >= 15 is 0 Å². The van der Waals surface area contributed by atoms with E-state index in [1.165, 1.54) is 4.90 Å². The molecule has 1 saturated heterocycles. The molecule has 0 aromatic carbocycles. The van der Waals surface area contributed by atoms with Gasteiger partial charge in [-0.25, -0.2) is 4.68 Å². The minimum atomic E-state index is -0.282. The van der Waals surface area contributed by atoms with Crippen molar-refractivity contribution in [3.05, 3.63) is 11.9 Å². The van der Waals surface area contributed by atoms with Gasteiger partial charge in [0, 0.05) is 13.0 Å². The Morgan fingerprint density at radius 3 is 2.09 bits per heavy atom. The number of likely N-dealkylation sites (tertiary alicyclic amines) is 1. The molecule has 9 heteroatoms. The lowest BCUT2D eigenvalue weighted by molar-refractivity contribution is -0.141. The van der Waals surface area contributed by atoms with E-state index in [1.807, 2.05) is 20.8 Å². The highest BCUT2D eigenvalue weighted by atomic mass is 16.5. The molecule has 182 valence electrons. The number of ether oxygens (including phenoxy) is 3. The van der Waals surface area contributed by atoms with Crippen molar-refractivity contribution in [1.82, 2.24) is 19.9 Å². The zero-order valence-corrected chi connectivity index (χ0v) is 20.6. The molecule has 1 aliphatic rings. The number of hydrogen-bond acceptors (Lipinski definition) is 7. The monoisotopic (exact) mass is 452 g/mol. The van der Waals surface area contributed by atoms with E-state index in [4.69, 9.17) is 14.2 Å². The average Bonchev–Trinajstić information content (AvgIpc) is 3.24. The first-order valence-electron chi connectivity index (χ1n) is 11.4.